The number of nitrogens with one attached hydrogen (secondary N) is 1. The van der Waals surface area contributed by atoms with Crippen LogP contribution in [-0.4, -0.2) is 19.2 Å². The van der Waals surface area contributed by atoms with E-state index >= 15 is 0 Å². The molecule has 1 aromatic carbocycles. The van der Waals surface area contributed by atoms with Gasteiger partial charge in [-0.3, -0.25) is 0 Å². The van der Waals surface area contributed by atoms with E-state index in [4.69, 9.17) is 4.74 Å². The Balaban J connectivity index is 0.00000200. The molecule has 6 heteroatoms. The molecule has 0 bridgehead atoms. The molecular weight excluding hydrogens is 291 g/mol. The van der Waals surface area contributed by atoms with Crippen molar-refractivity contribution in [3.05, 3.63) is 29.8 Å². The number of rotatable bonds is 4. The SMILES string of the molecule is Cl.FC(F)(F)c1ccccc1OCCC1CCCCN1. The standard InChI is InChI=1S/C14H18F3NO.ClH/c15-14(16,17)12-6-1-2-7-13(12)19-10-8-11-5-3-4-9-18-11;/h1-2,6-7,11,18H,3-5,8-10H2;1H. The molecule has 0 spiro atoms. The van der Waals surface area contributed by atoms with Crippen LogP contribution in [0.3, 0.4) is 0 Å². The van der Waals surface area contributed by atoms with Gasteiger partial charge >= 0.3 is 6.18 Å². The summed E-state index contributed by atoms with van der Waals surface area (Å²) in [6.07, 6.45) is -0.193. The minimum absolute atomic E-state index is 0. The van der Waals surface area contributed by atoms with Crippen molar-refractivity contribution in [1.82, 2.24) is 5.32 Å². The molecule has 1 aliphatic heterocycles. The van der Waals surface area contributed by atoms with Crippen LogP contribution in [0, 0.1) is 0 Å². The molecule has 0 saturated carbocycles. The topological polar surface area (TPSA) is 21.3 Å². The summed E-state index contributed by atoms with van der Waals surface area (Å²) < 4.78 is 43.5. The van der Waals surface area contributed by atoms with Crippen LogP contribution in [0.25, 0.3) is 0 Å². The fraction of sp³-hybridized carbons (Fsp3) is 0.571. The summed E-state index contributed by atoms with van der Waals surface area (Å²) in [4.78, 5) is 0. The average molecular weight is 310 g/mol. The van der Waals surface area contributed by atoms with E-state index in [-0.39, 0.29) is 18.2 Å². The fourth-order valence-electron chi connectivity index (χ4n) is 2.31. The summed E-state index contributed by atoms with van der Waals surface area (Å²) in [6.45, 7) is 1.30. The average Bonchev–Trinajstić information content (AvgIpc) is 2.39. The molecule has 2 nitrogen and oxygen atoms in total. The summed E-state index contributed by atoms with van der Waals surface area (Å²) in [5.41, 5.74) is -0.702. The molecule has 0 radical (unpaired) electrons. The van der Waals surface area contributed by atoms with Crippen LogP contribution in [0.2, 0.25) is 0 Å². The van der Waals surface area contributed by atoms with Crippen LogP contribution in [0.4, 0.5) is 13.2 Å². The van der Waals surface area contributed by atoms with Gasteiger partial charge in [0.1, 0.15) is 5.75 Å². The first-order valence-electron chi connectivity index (χ1n) is 6.60. The molecule has 1 aromatic rings. The first kappa shape index (κ1) is 17.1. The Bertz CT molecular complexity index is 406. The molecule has 1 fully saturated rings. The molecule has 1 aliphatic rings. The van der Waals surface area contributed by atoms with Crippen molar-refractivity contribution in [2.24, 2.45) is 0 Å². The Morgan fingerprint density at radius 2 is 1.95 bits per heavy atom. The third-order valence-corrected chi connectivity index (χ3v) is 3.33. The van der Waals surface area contributed by atoms with E-state index in [1.807, 2.05) is 0 Å². The summed E-state index contributed by atoms with van der Waals surface area (Å²) in [7, 11) is 0. The van der Waals surface area contributed by atoms with Crippen molar-refractivity contribution in [2.75, 3.05) is 13.2 Å². The highest BCUT2D eigenvalue weighted by atomic mass is 35.5. The lowest BCUT2D eigenvalue weighted by Gasteiger charge is -2.23. The van der Waals surface area contributed by atoms with Crippen molar-refractivity contribution < 1.29 is 17.9 Å². The molecule has 0 amide bonds. The lowest BCUT2D eigenvalue weighted by atomic mass is 10.0. The maximum atomic E-state index is 12.7. The molecule has 1 heterocycles. The lowest BCUT2D eigenvalue weighted by Crippen LogP contribution is -2.35. The van der Waals surface area contributed by atoms with Gasteiger partial charge in [0.2, 0.25) is 0 Å². The second-order valence-corrected chi connectivity index (χ2v) is 4.78. The highest BCUT2D eigenvalue weighted by Crippen LogP contribution is 2.35. The summed E-state index contributed by atoms with van der Waals surface area (Å²) in [6, 6.07) is 5.72. The van der Waals surface area contributed by atoms with Crippen LogP contribution < -0.4 is 10.1 Å². The predicted molar refractivity (Wildman–Crippen MR) is 74.4 cm³/mol. The third kappa shape index (κ3) is 4.87. The Morgan fingerprint density at radius 1 is 1.20 bits per heavy atom. The quantitative estimate of drug-likeness (QED) is 0.906. The molecule has 0 aromatic heterocycles. The van der Waals surface area contributed by atoms with Gasteiger partial charge in [-0.2, -0.15) is 13.2 Å². The van der Waals surface area contributed by atoms with E-state index in [0.29, 0.717) is 12.6 Å². The number of hydrogen-bond acceptors (Lipinski definition) is 2. The lowest BCUT2D eigenvalue weighted by molar-refractivity contribution is -0.139. The van der Waals surface area contributed by atoms with E-state index in [9.17, 15) is 13.2 Å². The minimum Gasteiger partial charge on any atom is -0.493 e. The Kier molecular flexibility index (Phi) is 6.62. The highest BCUT2D eigenvalue weighted by Gasteiger charge is 2.33. The molecule has 1 N–H and O–H groups in total. The third-order valence-electron chi connectivity index (χ3n) is 3.33. The molecule has 1 unspecified atom stereocenters. The Hall–Kier alpha value is -0.940. The van der Waals surface area contributed by atoms with E-state index in [2.05, 4.69) is 5.32 Å². The Labute approximate surface area is 123 Å². The molecule has 1 atom stereocenters. The zero-order valence-corrected chi connectivity index (χ0v) is 11.9. The Morgan fingerprint density at radius 3 is 2.60 bits per heavy atom. The van der Waals surface area contributed by atoms with Gasteiger partial charge in [-0.1, -0.05) is 18.6 Å². The van der Waals surface area contributed by atoms with Crippen molar-refractivity contribution in [3.63, 3.8) is 0 Å². The molecule has 1 saturated heterocycles. The normalized spacial score (nSPS) is 19.2. The summed E-state index contributed by atoms with van der Waals surface area (Å²) >= 11 is 0. The molecular formula is C14H19ClF3NO. The maximum Gasteiger partial charge on any atom is 0.419 e. The zero-order valence-electron chi connectivity index (χ0n) is 11.1. The van der Waals surface area contributed by atoms with Gasteiger partial charge in [-0.15, -0.1) is 12.4 Å². The first-order chi connectivity index (χ1) is 9.07. The van der Waals surface area contributed by atoms with E-state index in [0.717, 1.165) is 25.5 Å². The zero-order chi connectivity index (χ0) is 13.7. The number of hydrogen-bond donors (Lipinski definition) is 1. The number of para-hydroxylation sites is 1. The van der Waals surface area contributed by atoms with Crippen molar-refractivity contribution in [1.29, 1.82) is 0 Å². The second kappa shape index (κ2) is 7.74. The minimum atomic E-state index is -4.36. The smallest absolute Gasteiger partial charge is 0.419 e. The van der Waals surface area contributed by atoms with Gasteiger partial charge in [0, 0.05) is 6.04 Å². The van der Waals surface area contributed by atoms with Crippen LogP contribution >= 0.6 is 12.4 Å². The molecule has 114 valence electrons. The van der Waals surface area contributed by atoms with Gasteiger partial charge < -0.3 is 10.1 Å². The van der Waals surface area contributed by atoms with E-state index in [1.165, 1.54) is 25.0 Å². The van der Waals surface area contributed by atoms with Crippen molar-refractivity contribution >= 4 is 12.4 Å². The van der Waals surface area contributed by atoms with Crippen LogP contribution in [-0.2, 0) is 6.18 Å². The number of benzene rings is 1. The van der Waals surface area contributed by atoms with Gasteiger partial charge in [-0.25, -0.2) is 0 Å². The van der Waals surface area contributed by atoms with Crippen LogP contribution in [0.5, 0.6) is 5.75 Å². The predicted octanol–water partition coefficient (Wildman–Crippen LogP) is 4.04. The summed E-state index contributed by atoms with van der Waals surface area (Å²) in [5.74, 6) is -0.0780. The monoisotopic (exact) mass is 309 g/mol. The van der Waals surface area contributed by atoms with Gasteiger partial charge in [0.05, 0.1) is 12.2 Å². The number of halogens is 4. The largest absolute Gasteiger partial charge is 0.493 e. The highest BCUT2D eigenvalue weighted by molar-refractivity contribution is 5.85. The summed E-state index contributed by atoms with van der Waals surface area (Å²) in [5, 5.41) is 3.35. The van der Waals surface area contributed by atoms with Crippen molar-refractivity contribution in [3.8, 4) is 5.75 Å². The number of ether oxygens (including phenoxy) is 1. The molecule has 20 heavy (non-hydrogen) atoms. The van der Waals surface area contributed by atoms with Crippen LogP contribution in [0.15, 0.2) is 24.3 Å². The number of alkyl halides is 3. The molecule has 0 aliphatic carbocycles. The van der Waals surface area contributed by atoms with Gasteiger partial charge in [-0.05, 0) is 37.9 Å². The molecule has 2 rings (SSSR count). The van der Waals surface area contributed by atoms with Gasteiger partial charge in [0.15, 0.2) is 0 Å². The van der Waals surface area contributed by atoms with Crippen molar-refractivity contribution in [2.45, 2.75) is 37.9 Å². The fourth-order valence-corrected chi connectivity index (χ4v) is 2.31. The van der Waals surface area contributed by atoms with Crippen LogP contribution in [0.1, 0.15) is 31.2 Å². The van der Waals surface area contributed by atoms with Gasteiger partial charge in [0.25, 0.3) is 0 Å². The first-order valence-corrected chi connectivity index (χ1v) is 6.60. The second-order valence-electron chi connectivity index (χ2n) is 4.78. The maximum absolute atomic E-state index is 12.7. The number of piperidine rings is 1. The van der Waals surface area contributed by atoms with E-state index < -0.39 is 11.7 Å². The van der Waals surface area contributed by atoms with E-state index in [1.54, 1.807) is 6.07 Å².